The van der Waals surface area contributed by atoms with Crippen molar-refractivity contribution in [3.05, 3.63) is 57.6 Å². The number of para-hydroxylation sites is 1. The van der Waals surface area contributed by atoms with Crippen molar-refractivity contribution >= 4 is 34.9 Å². The highest BCUT2D eigenvalue weighted by Crippen LogP contribution is 2.34. The minimum atomic E-state index is -0.799. The van der Waals surface area contributed by atoms with E-state index in [1.807, 2.05) is 0 Å². The molecule has 0 aliphatic rings. The summed E-state index contributed by atoms with van der Waals surface area (Å²) in [6.45, 7) is 0. The predicted molar refractivity (Wildman–Crippen MR) is 86.9 cm³/mol. The van der Waals surface area contributed by atoms with Gasteiger partial charge in [-0.1, -0.05) is 35.3 Å². The molecular weight excluding hydrogens is 339 g/mol. The van der Waals surface area contributed by atoms with Gasteiger partial charge in [0.25, 0.3) is 0 Å². The van der Waals surface area contributed by atoms with Gasteiger partial charge in [-0.15, -0.1) is 0 Å². The van der Waals surface area contributed by atoms with Gasteiger partial charge >= 0.3 is 5.97 Å². The molecule has 2 rings (SSSR count). The highest BCUT2D eigenvalue weighted by atomic mass is 35.5. The number of hydrogen-bond acceptors (Lipinski definition) is 5. The van der Waals surface area contributed by atoms with Crippen LogP contribution in [0.3, 0.4) is 0 Å². The average molecular weight is 349 g/mol. The molecule has 5 nitrogen and oxygen atoms in total. The first-order valence-corrected chi connectivity index (χ1v) is 7.07. The fourth-order valence-corrected chi connectivity index (χ4v) is 2.36. The van der Waals surface area contributed by atoms with E-state index in [0.717, 1.165) is 0 Å². The van der Waals surface area contributed by atoms with Gasteiger partial charge in [0.2, 0.25) is 0 Å². The summed E-state index contributed by atoms with van der Waals surface area (Å²) in [7, 11) is 1.35. The Morgan fingerprint density at radius 3 is 2.48 bits per heavy atom. The van der Waals surface area contributed by atoms with E-state index in [1.54, 1.807) is 18.2 Å². The molecule has 0 aliphatic carbocycles. The van der Waals surface area contributed by atoms with Crippen LogP contribution in [0.2, 0.25) is 10.0 Å². The number of esters is 1. The van der Waals surface area contributed by atoms with Crippen molar-refractivity contribution in [1.29, 1.82) is 10.7 Å². The molecule has 0 atom stereocenters. The van der Waals surface area contributed by atoms with Crippen LogP contribution in [0.1, 0.15) is 15.9 Å². The van der Waals surface area contributed by atoms with E-state index < -0.39 is 5.97 Å². The molecule has 0 aromatic heterocycles. The van der Waals surface area contributed by atoms with Crippen molar-refractivity contribution in [3.63, 3.8) is 0 Å². The lowest BCUT2D eigenvalue weighted by Gasteiger charge is -2.13. The van der Waals surface area contributed by atoms with Crippen molar-refractivity contribution < 1.29 is 14.3 Å². The number of halogens is 2. The first-order chi connectivity index (χ1) is 11.0. The van der Waals surface area contributed by atoms with Crippen molar-refractivity contribution in [2.75, 3.05) is 7.11 Å². The van der Waals surface area contributed by atoms with Crippen LogP contribution in [0.25, 0.3) is 0 Å². The minimum Gasteiger partial charge on any atom is -0.494 e. The zero-order valence-corrected chi connectivity index (χ0v) is 13.4. The molecule has 0 radical (unpaired) electrons. The van der Waals surface area contributed by atoms with Crippen LogP contribution < -0.4 is 9.47 Å². The standard InChI is InChI=1S/C16H10Cl2N2O3/c1-22-15-11(18)7-6-10(17)14(15)16(21)23-13-5-3-2-4-9(13)12(20)8-19/h2-7,20H,1H3. The lowest BCUT2D eigenvalue weighted by molar-refractivity contribution is 0.0731. The Bertz CT molecular complexity index is 829. The van der Waals surface area contributed by atoms with Gasteiger partial charge in [0.1, 0.15) is 23.1 Å². The molecule has 116 valence electrons. The number of carbonyl (C=O) groups is 1. The van der Waals surface area contributed by atoms with Gasteiger partial charge in [0, 0.05) is 0 Å². The van der Waals surface area contributed by atoms with Gasteiger partial charge in [-0.05, 0) is 24.3 Å². The lowest BCUT2D eigenvalue weighted by atomic mass is 10.1. The number of benzene rings is 2. The number of nitrogens with one attached hydrogen (secondary N) is 1. The molecule has 0 saturated carbocycles. The molecule has 7 heteroatoms. The molecule has 0 fully saturated rings. The topological polar surface area (TPSA) is 83.2 Å². The fourth-order valence-electron chi connectivity index (χ4n) is 1.90. The zero-order chi connectivity index (χ0) is 17.0. The summed E-state index contributed by atoms with van der Waals surface area (Å²) in [5, 5.41) is 16.8. The van der Waals surface area contributed by atoms with Crippen LogP contribution in [0, 0.1) is 16.7 Å². The van der Waals surface area contributed by atoms with Crippen LogP contribution in [0.4, 0.5) is 0 Å². The predicted octanol–water partition coefficient (Wildman–Crippen LogP) is 4.11. The Kier molecular flexibility index (Phi) is 5.22. The van der Waals surface area contributed by atoms with Crippen LogP contribution in [0.5, 0.6) is 11.5 Å². The molecular formula is C16H10Cl2N2O3. The number of rotatable bonds is 4. The highest BCUT2D eigenvalue weighted by molar-refractivity contribution is 6.37. The van der Waals surface area contributed by atoms with Gasteiger partial charge in [-0.2, -0.15) is 5.26 Å². The number of carbonyl (C=O) groups excluding carboxylic acids is 1. The van der Waals surface area contributed by atoms with Crippen molar-refractivity contribution in [2.45, 2.75) is 0 Å². The molecule has 0 bridgehead atoms. The Hall–Kier alpha value is -2.55. The molecule has 0 amide bonds. The second-order valence-corrected chi connectivity index (χ2v) is 5.12. The number of nitriles is 1. The largest absolute Gasteiger partial charge is 0.494 e. The highest BCUT2D eigenvalue weighted by Gasteiger charge is 2.22. The summed E-state index contributed by atoms with van der Waals surface area (Å²) in [4.78, 5) is 12.4. The average Bonchev–Trinajstić information content (AvgIpc) is 2.56. The first-order valence-electron chi connectivity index (χ1n) is 6.31. The second kappa shape index (κ2) is 7.14. The van der Waals surface area contributed by atoms with Crippen LogP contribution in [0.15, 0.2) is 36.4 Å². The third-order valence-electron chi connectivity index (χ3n) is 2.94. The second-order valence-electron chi connectivity index (χ2n) is 4.31. The van der Waals surface area contributed by atoms with E-state index in [2.05, 4.69) is 0 Å². The molecule has 2 aromatic carbocycles. The Morgan fingerprint density at radius 1 is 1.17 bits per heavy atom. The van der Waals surface area contributed by atoms with Gasteiger partial charge in [0.05, 0.1) is 22.7 Å². The maximum absolute atomic E-state index is 12.4. The number of nitrogens with zero attached hydrogens (tertiary/aromatic N) is 1. The summed E-state index contributed by atoms with van der Waals surface area (Å²) < 4.78 is 10.4. The lowest BCUT2D eigenvalue weighted by Crippen LogP contribution is -2.13. The quantitative estimate of drug-likeness (QED) is 0.511. The molecule has 1 N–H and O–H groups in total. The van der Waals surface area contributed by atoms with Gasteiger partial charge in [-0.25, -0.2) is 4.79 Å². The normalized spacial score (nSPS) is 9.83. The summed E-state index contributed by atoms with van der Waals surface area (Å²) in [6, 6.07) is 10.9. The molecule has 0 unspecified atom stereocenters. The van der Waals surface area contributed by atoms with Crippen LogP contribution in [-0.2, 0) is 0 Å². The third kappa shape index (κ3) is 3.45. The molecule has 0 spiro atoms. The molecule has 2 aromatic rings. The fraction of sp³-hybridized carbons (Fsp3) is 0.0625. The van der Waals surface area contributed by atoms with Gasteiger partial charge < -0.3 is 9.47 Å². The van der Waals surface area contributed by atoms with Gasteiger partial charge in [0.15, 0.2) is 5.75 Å². The Labute approximate surface area is 142 Å². The van der Waals surface area contributed by atoms with E-state index in [9.17, 15) is 4.79 Å². The van der Waals surface area contributed by atoms with Crippen LogP contribution in [-0.4, -0.2) is 18.8 Å². The molecule has 0 saturated heterocycles. The zero-order valence-electron chi connectivity index (χ0n) is 11.9. The van der Waals surface area contributed by atoms with E-state index in [4.69, 9.17) is 43.3 Å². The van der Waals surface area contributed by atoms with Gasteiger partial charge in [-0.3, -0.25) is 5.41 Å². The first kappa shape index (κ1) is 16.8. The monoisotopic (exact) mass is 348 g/mol. The molecule has 0 aliphatic heterocycles. The third-order valence-corrected chi connectivity index (χ3v) is 3.55. The maximum atomic E-state index is 12.4. The summed E-state index contributed by atoms with van der Waals surface area (Å²) in [6.07, 6.45) is 0. The van der Waals surface area contributed by atoms with Crippen LogP contribution >= 0.6 is 23.2 Å². The van der Waals surface area contributed by atoms with Crippen molar-refractivity contribution in [2.24, 2.45) is 0 Å². The Balaban J connectivity index is 2.44. The summed E-state index contributed by atoms with van der Waals surface area (Å²) in [5.74, 6) is -0.633. The van der Waals surface area contributed by atoms with E-state index in [1.165, 1.54) is 31.4 Å². The number of hydrogen-bond donors (Lipinski definition) is 1. The van der Waals surface area contributed by atoms with E-state index in [-0.39, 0.29) is 38.4 Å². The van der Waals surface area contributed by atoms with E-state index in [0.29, 0.717) is 0 Å². The summed E-state index contributed by atoms with van der Waals surface area (Å²) in [5.41, 5.74) is -0.155. The maximum Gasteiger partial charge on any atom is 0.348 e. The SMILES string of the molecule is COc1c(Cl)ccc(Cl)c1C(=O)Oc1ccccc1C(=N)C#N. The number of methoxy groups -OCH3 is 1. The number of ether oxygens (including phenoxy) is 2. The van der Waals surface area contributed by atoms with E-state index >= 15 is 0 Å². The minimum absolute atomic E-state index is 0.0278. The summed E-state index contributed by atoms with van der Waals surface area (Å²) >= 11 is 12.0. The van der Waals surface area contributed by atoms with Crippen molar-refractivity contribution in [3.8, 4) is 17.6 Å². The molecule has 23 heavy (non-hydrogen) atoms. The van der Waals surface area contributed by atoms with Crippen molar-refractivity contribution in [1.82, 2.24) is 0 Å². The molecule has 0 heterocycles. The smallest absolute Gasteiger partial charge is 0.348 e. The Morgan fingerprint density at radius 2 is 1.83 bits per heavy atom.